The van der Waals surface area contributed by atoms with Crippen LogP contribution in [-0.4, -0.2) is 37.5 Å². The Balaban J connectivity index is 1.80. The second kappa shape index (κ2) is 5.27. The maximum absolute atomic E-state index is 13.2. The van der Waals surface area contributed by atoms with E-state index in [1.54, 1.807) is 23.0 Å². The normalized spacial score (nSPS) is 21.3. The topological polar surface area (TPSA) is 67.1 Å². The molecule has 0 amide bonds. The molecular formula is C16H16FN5O. The van der Waals surface area contributed by atoms with Crippen LogP contribution in [0.2, 0.25) is 0 Å². The molecule has 0 spiro atoms. The smallest absolute Gasteiger partial charge is 0.163 e. The molecule has 0 unspecified atom stereocenters. The lowest BCUT2D eigenvalue weighted by molar-refractivity contribution is 0.194. The maximum Gasteiger partial charge on any atom is 0.163 e. The van der Waals surface area contributed by atoms with Crippen LogP contribution >= 0.6 is 0 Å². The SMILES string of the molecule is Cn1ncc2c(N3C[C@H](O)C[C@H]3c3ccc(F)cc3)ncnc21. The second-order valence-electron chi connectivity index (χ2n) is 5.81. The zero-order valence-electron chi connectivity index (χ0n) is 12.6. The Labute approximate surface area is 132 Å². The number of rotatable bonds is 2. The summed E-state index contributed by atoms with van der Waals surface area (Å²) in [6, 6.07) is 6.35. The first-order chi connectivity index (χ1) is 11.1. The third-order valence-electron chi connectivity index (χ3n) is 4.31. The number of halogens is 1. The molecule has 23 heavy (non-hydrogen) atoms. The average molecular weight is 313 g/mol. The number of hydrogen-bond donors (Lipinski definition) is 1. The van der Waals surface area contributed by atoms with Crippen molar-refractivity contribution in [3.63, 3.8) is 0 Å². The van der Waals surface area contributed by atoms with Gasteiger partial charge < -0.3 is 10.0 Å². The van der Waals surface area contributed by atoms with E-state index < -0.39 is 6.10 Å². The Morgan fingerprint density at radius 3 is 2.78 bits per heavy atom. The van der Waals surface area contributed by atoms with Gasteiger partial charge in [-0.05, 0) is 24.1 Å². The number of nitrogens with zero attached hydrogens (tertiary/aromatic N) is 5. The van der Waals surface area contributed by atoms with E-state index in [4.69, 9.17) is 0 Å². The molecule has 0 aliphatic carbocycles. The van der Waals surface area contributed by atoms with Gasteiger partial charge in [0.05, 0.1) is 23.7 Å². The third-order valence-corrected chi connectivity index (χ3v) is 4.31. The van der Waals surface area contributed by atoms with Crippen molar-refractivity contribution in [3.05, 3.63) is 48.2 Å². The van der Waals surface area contributed by atoms with Crippen molar-refractivity contribution < 1.29 is 9.50 Å². The highest BCUT2D eigenvalue weighted by molar-refractivity contribution is 5.87. The highest BCUT2D eigenvalue weighted by atomic mass is 19.1. The summed E-state index contributed by atoms with van der Waals surface area (Å²) in [6.45, 7) is 0.475. The molecule has 1 N–H and O–H groups in total. The maximum atomic E-state index is 13.2. The van der Waals surface area contributed by atoms with Crippen LogP contribution in [0.15, 0.2) is 36.8 Å². The number of aryl methyl sites for hydroxylation is 1. The van der Waals surface area contributed by atoms with E-state index in [1.165, 1.54) is 18.5 Å². The van der Waals surface area contributed by atoms with Crippen molar-refractivity contribution in [2.45, 2.75) is 18.6 Å². The number of anilines is 1. The van der Waals surface area contributed by atoms with Crippen LogP contribution in [0.1, 0.15) is 18.0 Å². The van der Waals surface area contributed by atoms with Crippen LogP contribution in [0.4, 0.5) is 10.2 Å². The molecule has 1 saturated heterocycles. The summed E-state index contributed by atoms with van der Waals surface area (Å²) in [7, 11) is 1.83. The summed E-state index contributed by atoms with van der Waals surface area (Å²) >= 11 is 0. The standard InChI is InChI=1S/C16H16FN5O/c1-21-15-13(7-20-21)16(19-9-18-15)22-8-12(23)6-14(22)10-2-4-11(17)5-3-10/h2-5,7,9,12,14,23H,6,8H2,1H3/t12-,14+/m1/s1. The molecule has 0 bridgehead atoms. The molecule has 3 aromatic rings. The molecule has 3 heterocycles. The molecule has 2 aromatic heterocycles. The molecule has 1 aromatic carbocycles. The van der Waals surface area contributed by atoms with E-state index in [1.807, 2.05) is 11.9 Å². The van der Waals surface area contributed by atoms with Crippen molar-refractivity contribution in [3.8, 4) is 0 Å². The van der Waals surface area contributed by atoms with Crippen LogP contribution < -0.4 is 4.90 Å². The summed E-state index contributed by atoms with van der Waals surface area (Å²) in [5.41, 5.74) is 1.70. The van der Waals surface area contributed by atoms with Crippen molar-refractivity contribution >= 4 is 16.9 Å². The average Bonchev–Trinajstić information content (AvgIpc) is 3.12. The minimum absolute atomic E-state index is 0.0519. The molecular weight excluding hydrogens is 297 g/mol. The Morgan fingerprint density at radius 1 is 1.22 bits per heavy atom. The van der Waals surface area contributed by atoms with E-state index in [-0.39, 0.29) is 11.9 Å². The number of aromatic nitrogens is 4. The minimum Gasteiger partial charge on any atom is -0.391 e. The van der Waals surface area contributed by atoms with Crippen LogP contribution in [0.3, 0.4) is 0 Å². The number of hydrogen-bond acceptors (Lipinski definition) is 5. The van der Waals surface area contributed by atoms with Crippen molar-refractivity contribution in [2.75, 3.05) is 11.4 Å². The molecule has 1 aliphatic rings. The number of fused-ring (bicyclic) bond motifs is 1. The van der Waals surface area contributed by atoms with Crippen LogP contribution in [0, 0.1) is 5.82 Å². The third kappa shape index (κ3) is 2.33. The molecule has 1 fully saturated rings. The molecule has 1 aliphatic heterocycles. The van der Waals surface area contributed by atoms with Gasteiger partial charge >= 0.3 is 0 Å². The highest BCUT2D eigenvalue weighted by Crippen LogP contribution is 2.37. The van der Waals surface area contributed by atoms with Crippen LogP contribution in [-0.2, 0) is 7.05 Å². The van der Waals surface area contributed by atoms with E-state index in [0.717, 1.165) is 22.4 Å². The van der Waals surface area contributed by atoms with Crippen LogP contribution in [0.25, 0.3) is 11.0 Å². The predicted octanol–water partition coefficient (Wildman–Crippen LogP) is 1.81. The summed E-state index contributed by atoms with van der Waals surface area (Å²) in [6.07, 6.45) is 3.37. The molecule has 4 rings (SSSR count). The zero-order valence-corrected chi connectivity index (χ0v) is 12.6. The summed E-state index contributed by atoms with van der Waals surface area (Å²) in [5, 5.41) is 15.2. The number of benzene rings is 1. The monoisotopic (exact) mass is 313 g/mol. The Hall–Kier alpha value is -2.54. The van der Waals surface area contributed by atoms with Gasteiger partial charge in [-0.25, -0.2) is 14.4 Å². The van der Waals surface area contributed by atoms with Gasteiger partial charge in [-0.3, -0.25) is 4.68 Å². The summed E-state index contributed by atoms with van der Waals surface area (Å²) in [5.74, 6) is 0.476. The van der Waals surface area contributed by atoms with E-state index in [0.29, 0.717) is 13.0 Å². The molecule has 0 radical (unpaired) electrons. The summed E-state index contributed by atoms with van der Waals surface area (Å²) < 4.78 is 14.9. The first kappa shape index (κ1) is 14.1. The fourth-order valence-corrected chi connectivity index (χ4v) is 3.23. The second-order valence-corrected chi connectivity index (χ2v) is 5.81. The lowest BCUT2D eigenvalue weighted by Gasteiger charge is -2.26. The number of aliphatic hydroxyl groups is 1. The molecule has 2 atom stereocenters. The molecule has 118 valence electrons. The predicted molar refractivity (Wildman–Crippen MR) is 83.4 cm³/mol. The number of β-amino-alcohol motifs (C(OH)–C–C–N with tert-alkyl or cyclic N) is 1. The first-order valence-electron chi connectivity index (χ1n) is 7.46. The molecule has 0 saturated carbocycles. The van der Waals surface area contributed by atoms with Gasteiger partial charge in [0.15, 0.2) is 5.65 Å². The van der Waals surface area contributed by atoms with E-state index in [2.05, 4.69) is 15.1 Å². The van der Waals surface area contributed by atoms with Crippen molar-refractivity contribution in [1.82, 2.24) is 19.7 Å². The van der Waals surface area contributed by atoms with Gasteiger partial charge in [-0.15, -0.1) is 0 Å². The zero-order chi connectivity index (χ0) is 16.0. The summed E-state index contributed by atoms with van der Waals surface area (Å²) in [4.78, 5) is 10.7. The quantitative estimate of drug-likeness (QED) is 0.781. The van der Waals surface area contributed by atoms with Gasteiger partial charge in [0.2, 0.25) is 0 Å². The Kier molecular flexibility index (Phi) is 3.23. The van der Waals surface area contributed by atoms with E-state index >= 15 is 0 Å². The van der Waals surface area contributed by atoms with Gasteiger partial charge in [0.25, 0.3) is 0 Å². The van der Waals surface area contributed by atoms with Crippen LogP contribution in [0.5, 0.6) is 0 Å². The lowest BCUT2D eigenvalue weighted by Crippen LogP contribution is -2.25. The molecule has 6 nitrogen and oxygen atoms in total. The fraction of sp³-hybridized carbons (Fsp3) is 0.312. The van der Waals surface area contributed by atoms with Gasteiger partial charge in [-0.1, -0.05) is 12.1 Å². The van der Waals surface area contributed by atoms with Gasteiger partial charge in [-0.2, -0.15) is 5.10 Å². The largest absolute Gasteiger partial charge is 0.391 e. The Morgan fingerprint density at radius 2 is 2.00 bits per heavy atom. The van der Waals surface area contributed by atoms with E-state index in [9.17, 15) is 9.50 Å². The van der Waals surface area contributed by atoms with Crippen molar-refractivity contribution in [1.29, 1.82) is 0 Å². The minimum atomic E-state index is -0.452. The number of aliphatic hydroxyl groups excluding tert-OH is 1. The Bertz CT molecular complexity index is 847. The lowest BCUT2D eigenvalue weighted by atomic mass is 10.0. The molecule has 7 heteroatoms. The highest BCUT2D eigenvalue weighted by Gasteiger charge is 2.34. The van der Waals surface area contributed by atoms with Gasteiger partial charge in [0.1, 0.15) is 18.0 Å². The first-order valence-corrected chi connectivity index (χ1v) is 7.46. The van der Waals surface area contributed by atoms with Crippen molar-refractivity contribution in [2.24, 2.45) is 7.05 Å². The fourth-order valence-electron chi connectivity index (χ4n) is 3.23. The van der Waals surface area contributed by atoms with Gasteiger partial charge in [0, 0.05) is 13.6 Å².